The van der Waals surface area contributed by atoms with E-state index in [1.54, 1.807) is 0 Å². The summed E-state index contributed by atoms with van der Waals surface area (Å²) in [5.74, 6) is 0.634. The van der Waals surface area contributed by atoms with Gasteiger partial charge in [0.2, 0.25) is 0 Å². The van der Waals surface area contributed by atoms with Gasteiger partial charge in [-0.05, 0) is 25.0 Å². The Labute approximate surface area is 130 Å². The van der Waals surface area contributed by atoms with Crippen LogP contribution in [0.3, 0.4) is 0 Å². The highest BCUT2D eigenvalue weighted by atomic mass is 32.1. The van der Waals surface area contributed by atoms with E-state index < -0.39 is 0 Å². The van der Waals surface area contributed by atoms with Crippen molar-refractivity contribution in [2.24, 2.45) is 0 Å². The molecule has 0 atom stereocenters. The molecule has 2 aromatic rings. The molecule has 21 heavy (non-hydrogen) atoms. The number of nitrogens with one attached hydrogen (secondary N) is 1. The lowest BCUT2D eigenvalue weighted by Crippen LogP contribution is -2.23. The molecule has 0 saturated carbocycles. The highest BCUT2D eigenvalue weighted by Crippen LogP contribution is 2.36. The quantitative estimate of drug-likeness (QED) is 0.773. The van der Waals surface area contributed by atoms with Crippen LogP contribution < -0.4 is 10.1 Å². The highest BCUT2D eigenvalue weighted by Gasteiger charge is 2.17. The second-order valence-electron chi connectivity index (χ2n) is 4.71. The molecule has 4 heteroatoms. The van der Waals surface area contributed by atoms with Gasteiger partial charge in [0.1, 0.15) is 10.6 Å². The molecular weight excluding hydrogens is 282 g/mol. The Kier molecular flexibility index (Phi) is 5.81. The molecular formula is C17H21NO2S. The molecule has 1 N–H and O–H groups in total. The Morgan fingerprint density at radius 1 is 1.24 bits per heavy atom. The van der Waals surface area contributed by atoms with Crippen LogP contribution in [0, 0.1) is 0 Å². The van der Waals surface area contributed by atoms with Crippen molar-refractivity contribution >= 4 is 17.2 Å². The summed E-state index contributed by atoms with van der Waals surface area (Å²) < 4.78 is 5.62. The maximum Gasteiger partial charge on any atom is 0.265 e. The Morgan fingerprint density at radius 3 is 2.67 bits per heavy atom. The van der Waals surface area contributed by atoms with Crippen LogP contribution in [0.15, 0.2) is 36.4 Å². The molecule has 1 aromatic heterocycles. The van der Waals surface area contributed by atoms with E-state index in [1.165, 1.54) is 11.3 Å². The monoisotopic (exact) mass is 303 g/mol. The average molecular weight is 303 g/mol. The number of carbonyl (C=O) groups excluding carboxylic acids is 1. The molecule has 1 aromatic carbocycles. The first-order valence-electron chi connectivity index (χ1n) is 7.36. The summed E-state index contributed by atoms with van der Waals surface area (Å²) in [5, 5.41) is 2.95. The summed E-state index contributed by atoms with van der Waals surface area (Å²) in [4.78, 5) is 14.0. The molecule has 0 radical (unpaired) electrons. The lowest BCUT2D eigenvalue weighted by atomic mass is 10.2. The van der Waals surface area contributed by atoms with Gasteiger partial charge in [-0.2, -0.15) is 0 Å². The lowest BCUT2D eigenvalue weighted by molar-refractivity contribution is 0.0954. The SMILES string of the molecule is CCCCNC(=O)c1sc(-c2ccccc2)cc1OCC. The molecule has 0 bridgehead atoms. The van der Waals surface area contributed by atoms with Gasteiger partial charge in [-0.1, -0.05) is 43.7 Å². The van der Waals surface area contributed by atoms with Crippen molar-refractivity contribution < 1.29 is 9.53 Å². The topological polar surface area (TPSA) is 38.3 Å². The van der Waals surface area contributed by atoms with Crippen molar-refractivity contribution in [1.82, 2.24) is 5.32 Å². The molecule has 3 nitrogen and oxygen atoms in total. The summed E-state index contributed by atoms with van der Waals surface area (Å²) in [7, 11) is 0. The zero-order valence-electron chi connectivity index (χ0n) is 12.5. The number of benzene rings is 1. The molecule has 0 aliphatic rings. The zero-order valence-corrected chi connectivity index (χ0v) is 13.3. The fourth-order valence-electron chi connectivity index (χ4n) is 2.00. The highest BCUT2D eigenvalue weighted by molar-refractivity contribution is 7.17. The third-order valence-corrected chi connectivity index (χ3v) is 4.24. The number of hydrogen-bond donors (Lipinski definition) is 1. The maximum absolute atomic E-state index is 12.3. The normalized spacial score (nSPS) is 10.4. The minimum Gasteiger partial charge on any atom is -0.492 e. The van der Waals surface area contributed by atoms with Crippen LogP contribution in [0.2, 0.25) is 0 Å². The van der Waals surface area contributed by atoms with Crippen molar-refractivity contribution in [3.05, 3.63) is 41.3 Å². The molecule has 0 aliphatic carbocycles. The molecule has 0 spiro atoms. The van der Waals surface area contributed by atoms with Crippen LogP contribution in [0.4, 0.5) is 0 Å². The number of carbonyl (C=O) groups is 1. The first kappa shape index (κ1) is 15.6. The smallest absolute Gasteiger partial charge is 0.265 e. The summed E-state index contributed by atoms with van der Waals surface area (Å²) in [6.07, 6.45) is 2.06. The molecule has 0 saturated heterocycles. The van der Waals surface area contributed by atoms with Gasteiger partial charge in [0.25, 0.3) is 5.91 Å². The number of amides is 1. The van der Waals surface area contributed by atoms with E-state index in [0.29, 0.717) is 23.8 Å². The number of unbranched alkanes of at least 4 members (excludes halogenated alkanes) is 1. The Morgan fingerprint density at radius 2 is 2.00 bits per heavy atom. The van der Waals surface area contributed by atoms with Crippen molar-refractivity contribution in [1.29, 1.82) is 0 Å². The number of rotatable bonds is 7. The average Bonchev–Trinajstić information content (AvgIpc) is 2.93. The second kappa shape index (κ2) is 7.84. The van der Waals surface area contributed by atoms with E-state index in [0.717, 1.165) is 23.3 Å². The van der Waals surface area contributed by atoms with Crippen LogP contribution in [0.5, 0.6) is 5.75 Å². The van der Waals surface area contributed by atoms with Crippen molar-refractivity contribution in [3.63, 3.8) is 0 Å². The molecule has 0 unspecified atom stereocenters. The molecule has 0 fully saturated rings. The molecule has 1 amide bonds. The van der Waals surface area contributed by atoms with E-state index in [2.05, 4.69) is 12.2 Å². The number of thiophene rings is 1. The van der Waals surface area contributed by atoms with Crippen LogP contribution in [-0.4, -0.2) is 19.1 Å². The molecule has 0 aliphatic heterocycles. The molecule has 112 valence electrons. The molecule has 1 heterocycles. The third kappa shape index (κ3) is 4.08. The van der Waals surface area contributed by atoms with Gasteiger partial charge in [-0.3, -0.25) is 4.79 Å². The minimum atomic E-state index is -0.0425. The van der Waals surface area contributed by atoms with E-state index >= 15 is 0 Å². The summed E-state index contributed by atoms with van der Waals surface area (Å²) in [5.41, 5.74) is 1.11. The summed E-state index contributed by atoms with van der Waals surface area (Å²) in [6, 6.07) is 12.0. The zero-order chi connectivity index (χ0) is 15.1. The minimum absolute atomic E-state index is 0.0425. The Bertz CT molecular complexity index is 578. The fourth-order valence-corrected chi connectivity index (χ4v) is 3.02. The molecule has 2 rings (SSSR count). The van der Waals surface area contributed by atoms with E-state index in [9.17, 15) is 4.79 Å². The maximum atomic E-state index is 12.3. The van der Waals surface area contributed by atoms with E-state index in [4.69, 9.17) is 4.74 Å². The van der Waals surface area contributed by atoms with Gasteiger partial charge in [0, 0.05) is 11.4 Å². The van der Waals surface area contributed by atoms with Gasteiger partial charge in [0.05, 0.1) is 6.61 Å². The fraction of sp³-hybridized carbons (Fsp3) is 0.353. The second-order valence-corrected chi connectivity index (χ2v) is 5.76. The largest absolute Gasteiger partial charge is 0.492 e. The first-order valence-corrected chi connectivity index (χ1v) is 8.18. The number of ether oxygens (including phenoxy) is 1. The van der Waals surface area contributed by atoms with E-state index in [1.807, 2.05) is 43.3 Å². The lowest BCUT2D eigenvalue weighted by Gasteiger charge is -2.05. The summed E-state index contributed by atoms with van der Waals surface area (Å²) in [6.45, 7) is 5.30. The van der Waals surface area contributed by atoms with Crippen LogP contribution in [0.1, 0.15) is 36.4 Å². The van der Waals surface area contributed by atoms with Gasteiger partial charge < -0.3 is 10.1 Å². The van der Waals surface area contributed by atoms with Crippen LogP contribution in [-0.2, 0) is 0 Å². The van der Waals surface area contributed by atoms with Crippen LogP contribution >= 0.6 is 11.3 Å². The Hall–Kier alpha value is -1.81. The van der Waals surface area contributed by atoms with E-state index in [-0.39, 0.29) is 5.91 Å². The van der Waals surface area contributed by atoms with Crippen molar-refractivity contribution in [2.45, 2.75) is 26.7 Å². The van der Waals surface area contributed by atoms with Crippen molar-refractivity contribution in [2.75, 3.05) is 13.2 Å². The van der Waals surface area contributed by atoms with Gasteiger partial charge in [-0.15, -0.1) is 11.3 Å². The Balaban J connectivity index is 2.23. The van der Waals surface area contributed by atoms with Crippen LogP contribution in [0.25, 0.3) is 10.4 Å². The third-order valence-electron chi connectivity index (χ3n) is 3.08. The first-order chi connectivity index (χ1) is 10.3. The standard InChI is InChI=1S/C17H21NO2S/c1-3-5-11-18-17(19)16-14(20-4-2)12-15(21-16)13-9-7-6-8-10-13/h6-10,12H,3-5,11H2,1-2H3,(H,18,19). The van der Waals surface area contributed by atoms with Gasteiger partial charge in [0.15, 0.2) is 0 Å². The van der Waals surface area contributed by atoms with Gasteiger partial charge >= 0.3 is 0 Å². The number of hydrogen-bond acceptors (Lipinski definition) is 3. The summed E-state index contributed by atoms with van der Waals surface area (Å²) >= 11 is 1.48. The predicted octanol–water partition coefficient (Wildman–Crippen LogP) is 4.34. The van der Waals surface area contributed by atoms with Crippen molar-refractivity contribution in [3.8, 4) is 16.2 Å². The van der Waals surface area contributed by atoms with Gasteiger partial charge in [-0.25, -0.2) is 0 Å². The predicted molar refractivity (Wildman–Crippen MR) is 88.2 cm³/mol.